The van der Waals surface area contributed by atoms with E-state index in [0.29, 0.717) is 39.5 Å². The van der Waals surface area contributed by atoms with Crippen molar-refractivity contribution in [2.75, 3.05) is 5.32 Å². The number of nitrogens with one attached hydrogen (secondary N) is 1. The van der Waals surface area contributed by atoms with E-state index in [4.69, 9.17) is 4.42 Å². The molecule has 0 saturated carbocycles. The van der Waals surface area contributed by atoms with Crippen molar-refractivity contribution in [2.45, 2.75) is 17.5 Å². The van der Waals surface area contributed by atoms with E-state index in [1.807, 2.05) is 0 Å². The molecule has 4 aromatic rings. The summed E-state index contributed by atoms with van der Waals surface area (Å²) in [7, 11) is 0. The highest BCUT2D eigenvalue weighted by molar-refractivity contribution is 7.99. The maximum absolute atomic E-state index is 12.9. The fourth-order valence-electron chi connectivity index (χ4n) is 2.87. The Bertz CT molecular complexity index is 1240. The molecule has 2 heterocycles. The number of nitrogens with zero attached hydrogens (tertiary/aromatic N) is 2. The second-order valence-corrected chi connectivity index (χ2v) is 6.86. The molecule has 2 aromatic carbocycles. The number of benzene rings is 2. The number of fused-ring (bicyclic) bond motifs is 2. The Hall–Kier alpha value is -3.20. The average Bonchev–Trinajstić information content (AvgIpc) is 2.98. The van der Waals surface area contributed by atoms with Crippen molar-refractivity contribution in [1.82, 2.24) is 9.55 Å². The third-order valence-corrected chi connectivity index (χ3v) is 4.72. The van der Waals surface area contributed by atoms with Crippen LogP contribution in [0.1, 0.15) is 0 Å². The minimum absolute atomic E-state index is 0.0756. The number of para-hydroxylation sites is 2. The first-order valence-corrected chi connectivity index (χ1v) is 9.11. The van der Waals surface area contributed by atoms with Crippen molar-refractivity contribution >= 4 is 45.4 Å². The molecule has 0 aliphatic rings. The lowest BCUT2D eigenvalue weighted by atomic mass is 10.2. The lowest BCUT2D eigenvalue weighted by Crippen LogP contribution is -2.19. The van der Waals surface area contributed by atoms with Gasteiger partial charge < -0.3 is 14.3 Å². The summed E-state index contributed by atoms with van der Waals surface area (Å²) in [5.74, 6) is -3.04. The van der Waals surface area contributed by atoms with Gasteiger partial charge in [-0.2, -0.15) is 8.78 Å². The predicted molar refractivity (Wildman–Crippen MR) is 103 cm³/mol. The van der Waals surface area contributed by atoms with E-state index in [1.165, 1.54) is 10.6 Å². The normalized spacial score (nSPS) is 11.4. The van der Waals surface area contributed by atoms with E-state index in [1.54, 1.807) is 48.5 Å². The number of amides is 1. The molecule has 0 bridgehead atoms. The Morgan fingerprint density at radius 2 is 2.00 bits per heavy atom. The van der Waals surface area contributed by atoms with Crippen molar-refractivity contribution in [1.29, 1.82) is 0 Å². The van der Waals surface area contributed by atoms with Crippen LogP contribution < -0.4 is 10.9 Å². The standard InChI is InChI=1S/C19H13F2N3O3S/c20-18(21)28-19-23-13-3-1-2-4-14(13)24(19)10-16(25)22-12-6-7-15-11(9-12)5-8-17(26)27-15/h1-9,18H,10H2,(H,22,25). The largest absolute Gasteiger partial charge is 0.423 e. The molecule has 0 unspecified atom stereocenters. The minimum atomic E-state index is -2.64. The molecule has 9 heteroatoms. The molecule has 28 heavy (non-hydrogen) atoms. The van der Waals surface area contributed by atoms with Crippen molar-refractivity contribution in [2.24, 2.45) is 0 Å². The van der Waals surface area contributed by atoms with Crippen LogP contribution in [0.15, 0.2) is 69.0 Å². The Balaban J connectivity index is 1.60. The molecule has 6 nitrogen and oxygen atoms in total. The Labute approximate surface area is 161 Å². The van der Waals surface area contributed by atoms with Crippen molar-refractivity contribution in [3.05, 3.63) is 65.0 Å². The molecule has 0 saturated heterocycles. The molecule has 1 N–H and O–H groups in total. The number of aromatic nitrogens is 2. The molecular weight excluding hydrogens is 388 g/mol. The SMILES string of the molecule is O=C(Cn1c(SC(F)F)nc2ccccc21)Nc1ccc2oc(=O)ccc2c1. The molecule has 1 amide bonds. The molecule has 4 rings (SSSR count). The van der Waals surface area contributed by atoms with Gasteiger partial charge in [0.05, 0.1) is 11.0 Å². The van der Waals surface area contributed by atoms with Gasteiger partial charge in [0.2, 0.25) is 5.91 Å². The Kier molecular flexibility index (Phi) is 4.82. The smallest absolute Gasteiger partial charge is 0.336 e. The second kappa shape index (κ2) is 7.43. The number of imidazole rings is 1. The second-order valence-electron chi connectivity index (χ2n) is 5.90. The number of rotatable bonds is 5. The Morgan fingerprint density at radius 3 is 2.82 bits per heavy atom. The zero-order valence-electron chi connectivity index (χ0n) is 14.3. The predicted octanol–water partition coefficient (Wildman–Crippen LogP) is 4.10. The molecule has 142 valence electrons. The third kappa shape index (κ3) is 3.74. The van der Waals surface area contributed by atoms with Gasteiger partial charge in [-0.25, -0.2) is 9.78 Å². The summed E-state index contributed by atoms with van der Waals surface area (Å²) < 4.78 is 32.2. The summed E-state index contributed by atoms with van der Waals surface area (Å²) in [6, 6.07) is 14.7. The van der Waals surface area contributed by atoms with Crippen LogP contribution >= 0.6 is 11.8 Å². The number of thioether (sulfide) groups is 1. The molecule has 2 aromatic heterocycles. The van der Waals surface area contributed by atoms with Crippen LogP contribution in [0.4, 0.5) is 14.5 Å². The number of halogens is 2. The van der Waals surface area contributed by atoms with Crippen LogP contribution in [-0.4, -0.2) is 21.2 Å². The van der Waals surface area contributed by atoms with Gasteiger partial charge in [-0.15, -0.1) is 0 Å². The summed E-state index contributed by atoms with van der Waals surface area (Å²) in [6.45, 7) is -0.169. The monoisotopic (exact) mass is 401 g/mol. The fraction of sp³-hybridized carbons (Fsp3) is 0.105. The number of carbonyl (C=O) groups is 1. The summed E-state index contributed by atoms with van der Waals surface area (Å²) in [5, 5.41) is 3.46. The average molecular weight is 401 g/mol. The van der Waals surface area contributed by atoms with E-state index in [2.05, 4.69) is 10.3 Å². The third-order valence-electron chi connectivity index (χ3n) is 4.02. The first kappa shape index (κ1) is 18.2. The highest BCUT2D eigenvalue weighted by atomic mass is 32.2. The van der Waals surface area contributed by atoms with Crippen LogP contribution in [0.5, 0.6) is 0 Å². The maximum atomic E-state index is 12.9. The summed E-state index contributed by atoms with van der Waals surface area (Å²) in [6.07, 6.45) is 0. The number of hydrogen-bond acceptors (Lipinski definition) is 5. The number of anilines is 1. The number of alkyl halides is 2. The van der Waals surface area contributed by atoms with E-state index in [-0.39, 0.29) is 11.7 Å². The quantitative estimate of drug-likeness (QED) is 0.403. The zero-order chi connectivity index (χ0) is 19.7. The van der Waals surface area contributed by atoms with Gasteiger partial charge in [0.1, 0.15) is 12.1 Å². The van der Waals surface area contributed by atoms with Crippen molar-refractivity contribution in [3.63, 3.8) is 0 Å². The Morgan fingerprint density at radius 1 is 1.18 bits per heavy atom. The first-order chi connectivity index (χ1) is 13.5. The molecule has 0 aliphatic carbocycles. The van der Waals surface area contributed by atoms with Gasteiger partial charge in [0.15, 0.2) is 5.16 Å². The lowest BCUT2D eigenvalue weighted by Gasteiger charge is -2.10. The van der Waals surface area contributed by atoms with E-state index in [0.717, 1.165) is 0 Å². The van der Waals surface area contributed by atoms with Crippen molar-refractivity contribution in [3.8, 4) is 0 Å². The van der Waals surface area contributed by atoms with E-state index in [9.17, 15) is 18.4 Å². The minimum Gasteiger partial charge on any atom is -0.423 e. The van der Waals surface area contributed by atoms with Gasteiger partial charge in [-0.05, 0) is 48.2 Å². The molecule has 0 radical (unpaired) electrons. The summed E-state index contributed by atoms with van der Waals surface area (Å²) in [4.78, 5) is 27.9. The molecule has 0 fully saturated rings. The van der Waals surface area contributed by atoms with Crippen LogP contribution in [0.3, 0.4) is 0 Å². The number of hydrogen-bond donors (Lipinski definition) is 1. The lowest BCUT2D eigenvalue weighted by molar-refractivity contribution is -0.116. The highest BCUT2D eigenvalue weighted by Gasteiger charge is 2.18. The van der Waals surface area contributed by atoms with Crippen LogP contribution in [-0.2, 0) is 11.3 Å². The van der Waals surface area contributed by atoms with Gasteiger partial charge in [0, 0.05) is 17.1 Å². The van der Waals surface area contributed by atoms with Crippen LogP contribution in [0.2, 0.25) is 0 Å². The first-order valence-electron chi connectivity index (χ1n) is 8.23. The summed E-state index contributed by atoms with van der Waals surface area (Å²) in [5.41, 5.74) is 1.58. The molecule has 0 spiro atoms. The van der Waals surface area contributed by atoms with Crippen LogP contribution in [0.25, 0.3) is 22.0 Å². The fourth-order valence-corrected chi connectivity index (χ4v) is 3.47. The highest BCUT2D eigenvalue weighted by Crippen LogP contribution is 2.28. The van der Waals surface area contributed by atoms with Gasteiger partial charge in [-0.1, -0.05) is 12.1 Å². The molecule has 0 aliphatic heterocycles. The molecule has 0 atom stereocenters. The van der Waals surface area contributed by atoms with E-state index < -0.39 is 17.3 Å². The zero-order valence-corrected chi connectivity index (χ0v) is 15.1. The maximum Gasteiger partial charge on any atom is 0.336 e. The topological polar surface area (TPSA) is 77.1 Å². The summed E-state index contributed by atoms with van der Waals surface area (Å²) >= 11 is 0.299. The van der Waals surface area contributed by atoms with Gasteiger partial charge in [-0.3, -0.25) is 4.79 Å². The number of carbonyl (C=O) groups excluding carboxylic acids is 1. The van der Waals surface area contributed by atoms with Crippen molar-refractivity contribution < 1.29 is 18.0 Å². The van der Waals surface area contributed by atoms with Crippen LogP contribution in [0, 0.1) is 0 Å². The van der Waals surface area contributed by atoms with Gasteiger partial charge >= 0.3 is 5.63 Å². The van der Waals surface area contributed by atoms with Gasteiger partial charge in [0.25, 0.3) is 5.76 Å². The molecular formula is C19H13F2N3O3S. The van der Waals surface area contributed by atoms with E-state index >= 15 is 0 Å².